The molecule has 1 N–H and O–H groups in total. The van der Waals surface area contributed by atoms with Crippen molar-refractivity contribution in [2.45, 2.75) is 13.3 Å². The fourth-order valence-corrected chi connectivity index (χ4v) is 3.05. The van der Waals surface area contributed by atoms with Gasteiger partial charge in [-0.25, -0.2) is 4.98 Å². The van der Waals surface area contributed by atoms with Crippen molar-refractivity contribution in [2.24, 2.45) is 0 Å². The van der Waals surface area contributed by atoms with E-state index < -0.39 is 0 Å². The molecule has 0 unspecified atom stereocenters. The van der Waals surface area contributed by atoms with Gasteiger partial charge >= 0.3 is 5.97 Å². The Morgan fingerprint density at radius 1 is 1.04 bits per heavy atom. The maximum absolute atomic E-state index is 12.4. The third-order valence-electron chi connectivity index (χ3n) is 3.68. The van der Waals surface area contributed by atoms with E-state index >= 15 is 0 Å². The minimum atomic E-state index is -0.335. The molecule has 0 spiro atoms. The number of carbonyl (C=O) groups excluding carboxylic acids is 2. The van der Waals surface area contributed by atoms with E-state index in [9.17, 15) is 9.59 Å². The van der Waals surface area contributed by atoms with Gasteiger partial charge in [-0.2, -0.15) is 0 Å². The molecule has 0 atom stereocenters. The van der Waals surface area contributed by atoms with Crippen molar-refractivity contribution in [3.05, 3.63) is 82.4 Å². The highest BCUT2D eigenvalue weighted by atomic mass is 32.1. The molecular formula is C22H18N2O3S. The third kappa shape index (κ3) is 5.53. The summed E-state index contributed by atoms with van der Waals surface area (Å²) in [5, 5.41) is 4.91. The Bertz CT molecular complexity index is 1020. The molecule has 5 nitrogen and oxygen atoms in total. The number of nitrogens with one attached hydrogen (secondary N) is 1. The number of aromatic nitrogens is 1. The Hall–Kier alpha value is -3.43. The number of carbonyl (C=O) groups is 2. The molecule has 2 aromatic carbocycles. The van der Waals surface area contributed by atoms with Gasteiger partial charge in [-0.1, -0.05) is 30.0 Å². The number of thiazole rings is 1. The van der Waals surface area contributed by atoms with Crippen LogP contribution < -0.4 is 5.32 Å². The summed E-state index contributed by atoms with van der Waals surface area (Å²) >= 11 is 1.27. The molecule has 28 heavy (non-hydrogen) atoms. The smallest absolute Gasteiger partial charge is 0.311 e. The van der Waals surface area contributed by atoms with Gasteiger partial charge in [0, 0.05) is 22.1 Å². The molecule has 1 aromatic heterocycles. The zero-order valence-corrected chi connectivity index (χ0v) is 16.1. The lowest BCUT2D eigenvalue weighted by Crippen LogP contribution is -2.12. The van der Waals surface area contributed by atoms with E-state index in [0.29, 0.717) is 23.0 Å². The molecule has 3 rings (SSSR count). The number of esters is 1. The molecule has 0 aliphatic carbocycles. The molecule has 140 valence electrons. The molecule has 1 heterocycles. The second-order valence-electron chi connectivity index (χ2n) is 5.77. The van der Waals surface area contributed by atoms with Crippen molar-refractivity contribution < 1.29 is 14.3 Å². The van der Waals surface area contributed by atoms with E-state index in [2.05, 4.69) is 22.1 Å². The summed E-state index contributed by atoms with van der Waals surface area (Å²) < 4.78 is 4.89. The zero-order valence-electron chi connectivity index (χ0n) is 15.3. The first-order valence-electron chi connectivity index (χ1n) is 8.72. The summed E-state index contributed by atoms with van der Waals surface area (Å²) in [4.78, 5) is 28.1. The Labute approximate surface area is 167 Å². The SMILES string of the molecule is CCOC(=O)Cc1csc(NC(=O)c2ccc(C#Cc3ccccc3)cc2)n1. The predicted octanol–water partition coefficient (Wildman–Crippen LogP) is 3.90. The van der Waals surface area contributed by atoms with Crippen LogP contribution in [-0.4, -0.2) is 23.5 Å². The Balaban J connectivity index is 1.60. The van der Waals surface area contributed by atoms with E-state index in [1.807, 2.05) is 30.3 Å². The fourth-order valence-electron chi connectivity index (χ4n) is 2.35. The second-order valence-corrected chi connectivity index (χ2v) is 6.63. The molecule has 0 aliphatic heterocycles. The fraction of sp³-hybridized carbons (Fsp3) is 0.136. The Morgan fingerprint density at radius 2 is 1.71 bits per heavy atom. The number of hydrogen-bond donors (Lipinski definition) is 1. The largest absolute Gasteiger partial charge is 0.466 e. The first-order chi connectivity index (χ1) is 13.6. The molecular weight excluding hydrogens is 372 g/mol. The molecule has 0 saturated carbocycles. The number of benzene rings is 2. The average Bonchev–Trinajstić information content (AvgIpc) is 3.14. The summed E-state index contributed by atoms with van der Waals surface area (Å²) in [6.45, 7) is 2.08. The van der Waals surface area contributed by atoms with E-state index in [4.69, 9.17) is 4.74 Å². The van der Waals surface area contributed by atoms with Crippen LogP contribution in [0.3, 0.4) is 0 Å². The highest BCUT2D eigenvalue weighted by molar-refractivity contribution is 7.14. The Morgan fingerprint density at radius 3 is 2.39 bits per heavy atom. The maximum Gasteiger partial charge on any atom is 0.311 e. The standard InChI is InChI=1S/C22H18N2O3S/c1-2-27-20(25)14-19-15-28-22(23-19)24-21(26)18-12-10-17(11-13-18)9-8-16-6-4-3-5-7-16/h3-7,10-13,15H,2,14H2,1H3,(H,23,24,26). The van der Waals surface area contributed by atoms with Crippen LogP contribution in [0.5, 0.6) is 0 Å². The number of hydrogen-bond acceptors (Lipinski definition) is 5. The lowest BCUT2D eigenvalue weighted by molar-refractivity contribution is -0.142. The van der Waals surface area contributed by atoms with Gasteiger partial charge in [0.1, 0.15) is 0 Å². The van der Waals surface area contributed by atoms with Crippen LogP contribution in [0.2, 0.25) is 0 Å². The van der Waals surface area contributed by atoms with Gasteiger partial charge in [-0.05, 0) is 43.3 Å². The van der Waals surface area contributed by atoms with Gasteiger partial charge < -0.3 is 4.74 Å². The number of ether oxygens (including phenoxy) is 1. The molecule has 6 heteroatoms. The topological polar surface area (TPSA) is 68.3 Å². The average molecular weight is 390 g/mol. The van der Waals surface area contributed by atoms with Crippen LogP contribution in [0.1, 0.15) is 34.1 Å². The number of rotatable bonds is 5. The lowest BCUT2D eigenvalue weighted by Gasteiger charge is -2.02. The Kier molecular flexibility index (Phi) is 6.55. The van der Waals surface area contributed by atoms with Gasteiger partial charge in [0.15, 0.2) is 5.13 Å². The summed E-state index contributed by atoms with van der Waals surface area (Å²) in [5.74, 6) is 5.55. The number of nitrogens with zero attached hydrogens (tertiary/aromatic N) is 1. The van der Waals surface area contributed by atoms with Crippen molar-refractivity contribution in [1.29, 1.82) is 0 Å². The van der Waals surface area contributed by atoms with Crippen LogP contribution >= 0.6 is 11.3 Å². The first-order valence-corrected chi connectivity index (χ1v) is 9.60. The molecule has 0 fully saturated rings. The first kappa shape index (κ1) is 19.3. The van der Waals surface area contributed by atoms with E-state index in [1.165, 1.54) is 11.3 Å². The monoisotopic (exact) mass is 390 g/mol. The van der Waals surface area contributed by atoms with Crippen LogP contribution in [0.15, 0.2) is 60.0 Å². The normalized spacial score (nSPS) is 9.89. The lowest BCUT2D eigenvalue weighted by atomic mass is 10.1. The van der Waals surface area contributed by atoms with E-state index in [0.717, 1.165) is 11.1 Å². The molecule has 3 aromatic rings. The van der Waals surface area contributed by atoms with Gasteiger partial charge in [-0.15, -0.1) is 11.3 Å². The van der Waals surface area contributed by atoms with Gasteiger partial charge in [0.25, 0.3) is 5.91 Å². The van der Waals surface area contributed by atoms with Gasteiger partial charge in [0.05, 0.1) is 18.7 Å². The molecule has 0 bridgehead atoms. The van der Waals surface area contributed by atoms with Crippen LogP contribution in [0.4, 0.5) is 5.13 Å². The van der Waals surface area contributed by atoms with Crippen molar-refractivity contribution in [3.63, 3.8) is 0 Å². The minimum absolute atomic E-state index is 0.0923. The van der Waals surface area contributed by atoms with E-state index in [1.54, 1.807) is 36.6 Å². The molecule has 0 aliphatic rings. The summed E-state index contributed by atoms with van der Waals surface area (Å²) in [7, 11) is 0. The van der Waals surface area contributed by atoms with E-state index in [-0.39, 0.29) is 18.3 Å². The van der Waals surface area contributed by atoms with Gasteiger partial charge in [0.2, 0.25) is 0 Å². The summed E-state index contributed by atoms with van der Waals surface area (Å²) in [6.07, 6.45) is 0.0923. The van der Waals surface area contributed by atoms with Crippen molar-refractivity contribution in [2.75, 3.05) is 11.9 Å². The third-order valence-corrected chi connectivity index (χ3v) is 4.48. The highest BCUT2D eigenvalue weighted by Crippen LogP contribution is 2.17. The van der Waals surface area contributed by atoms with Crippen molar-refractivity contribution in [1.82, 2.24) is 4.98 Å². The predicted molar refractivity (Wildman–Crippen MR) is 109 cm³/mol. The number of anilines is 1. The minimum Gasteiger partial charge on any atom is -0.466 e. The molecule has 0 saturated heterocycles. The summed E-state index contributed by atoms with van der Waals surface area (Å²) in [6, 6.07) is 16.8. The van der Waals surface area contributed by atoms with Crippen LogP contribution in [0.25, 0.3) is 0 Å². The maximum atomic E-state index is 12.4. The quantitative estimate of drug-likeness (QED) is 0.530. The zero-order chi connectivity index (χ0) is 19.8. The molecule has 1 amide bonds. The molecule has 0 radical (unpaired) electrons. The van der Waals surface area contributed by atoms with Crippen molar-refractivity contribution >= 4 is 28.3 Å². The summed E-state index contributed by atoms with van der Waals surface area (Å²) in [5.41, 5.74) is 2.84. The van der Waals surface area contributed by atoms with Gasteiger partial charge in [-0.3, -0.25) is 14.9 Å². The second kappa shape index (κ2) is 9.49. The highest BCUT2D eigenvalue weighted by Gasteiger charge is 2.11. The number of amides is 1. The van der Waals surface area contributed by atoms with Crippen molar-refractivity contribution in [3.8, 4) is 11.8 Å². The van der Waals surface area contributed by atoms with Crippen LogP contribution in [-0.2, 0) is 16.0 Å². The van der Waals surface area contributed by atoms with Crippen LogP contribution in [0, 0.1) is 11.8 Å².